The molecule has 0 heterocycles. The standard InChI is InChI=1S/C12H22N2O3/c13-10(12(16)17)7-4-8-14-11(15)9-5-2-1-3-6-9/h9-10H,1-8,13H2,(H,14,15)(H,16,17). The highest BCUT2D eigenvalue weighted by Crippen LogP contribution is 2.23. The Balaban J connectivity index is 2.09. The monoisotopic (exact) mass is 242 g/mol. The molecule has 0 aromatic rings. The third kappa shape index (κ3) is 5.17. The molecule has 0 aliphatic heterocycles. The van der Waals surface area contributed by atoms with Crippen molar-refractivity contribution in [2.75, 3.05) is 6.54 Å². The molecule has 5 heteroatoms. The average Bonchev–Trinajstić information content (AvgIpc) is 2.35. The summed E-state index contributed by atoms with van der Waals surface area (Å²) in [5, 5.41) is 11.4. The number of carbonyl (C=O) groups excluding carboxylic acids is 1. The smallest absolute Gasteiger partial charge is 0.320 e. The van der Waals surface area contributed by atoms with Crippen molar-refractivity contribution < 1.29 is 14.7 Å². The average molecular weight is 242 g/mol. The van der Waals surface area contributed by atoms with E-state index in [9.17, 15) is 9.59 Å². The number of carboxylic acid groups (broad SMARTS) is 1. The molecule has 0 aromatic carbocycles. The van der Waals surface area contributed by atoms with Gasteiger partial charge in [0.15, 0.2) is 0 Å². The van der Waals surface area contributed by atoms with E-state index >= 15 is 0 Å². The lowest BCUT2D eigenvalue weighted by atomic mass is 9.88. The fourth-order valence-corrected chi connectivity index (χ4v) is 2.17. The van der Waals surface area contributed by atoms with Crippen molar-refractivity contribution in [1.82, 2.24) is 5.32 Å². The first-order valence-corrected chi connectivity index (χ1v) is 6.37. The van der Waals surface area contributed by atoms with Gasteiger partial charge < -0.3 is 16.2 Å². The maximum absolute atomic E-state index is 11.7. The van der Waals surface area contributed by atoms with Crippen molar-refractivity contribution in [3.8, 4) is 0 Å². The minimum atomic E-state index is -0.983. The van der Waals surface area contributed by atoms with Crippen LogP contribution in [0.15, 0.2) is 0 Å². The highest BCUT2D eigenvalue weighted by atomic mass is 16.4. The molecule has 0 bridgehead atoms. The van der Waals surface area contributed by atoms with Gasteiger partial charge in [0.05, 0.1) is 0 Å². The molecule has 1 rings (SSSR count). The highest BCUT2D eigenvalue weighted by Gasteiger charge is 2.20. The molecule has 0 saturated heterocycles. The Bertz CT molecular complexity index is 262. The van der Waals surface area contributed by atoms with Gasteiger partial charge in [-0.05, 0) is 25.7 Å². The van der Waals surface area contributed by atoms with Crippen LogP contribution in [0.2, 0.25) is 0 Å². The van der Waals surface area contributed by atoms with Crippen molar-refractivity contribution in [3.63, 3.8) is 0 Å². The Labute approximate surface area is 102 Å². The molecule has 1 atom stereocenters. The quantitative estimate of drug-likeness (QED) is 0.603. The summed E-state index contributed by atoms with van der Waals surface area (Å²) in [6.07, 6.45) is 6.51. The summed E-state index contributed by atoms with van der Waals surface area (Å²) in [6.45, 7) is 0.524. The maximum atomic E-state index is 11.7. The Morgan fingerprint density at radius 1 is 1.29 bits per heavy atom. The molecular formula is C12H22N2O3. The van der Waals surface area contributed by atoms with Gasteiger partial charge in [-0.15, -0.1) is 0 Å². The number of nitrogens with two attached hydrogens (primary N) is 1. The number of amides is 1. The number of carbonyl (C=O) groups is 2. The van der Waals surface area contributed by atoms with Crippen LogP contribution in [0.25, 0.3) is 0 Å². The third-order valence-corrected chi connectivity index (χ3v) is 3.28. The normalized spacial score (nSPS) is 18.6. The van der Waals surface area contributed by atoms with Crippen LogP contribution in [0.4, 0.5) is 0 Å². The van der Waals surface area contributed by atoms with Crippen molar-refractivity contribution in [3.05, 3.63) is 0 Å². The van der Waals surface area contributed by atoms with Crippen molar-refractivity contribution in [2.24, 2.45) is 11.7 Å². The fraction of sp³-hybridized carbons (Fsp3) is 0.833. The molecule has 0 radical (unpaired) electrons. The van der Waals surface area contributed by atoms with E-state index in [-0.39, 0.29) is 11.8 Å². The largest absolute Gasteiger partial charge is 0.480 e. The molecule has 0 spiro atoms. The number of nitrogens with one attached hydrogen (secondary N) is 1. The Morgan fingerprint density at radius 2 is 1.94 bits per heavy atom. The predicted molar refractivity (Wildman–Crippen MR) is 64.4 cm³/mol. The zero-order valence-corrected chi connectivity index (χ0v) is 10.2. The van der Waals surface area contributed by atoms with Gasteiger partial charge in [-0.3, -0.25) is 9.59 Å². The second kappa shape index (κ2) is 7.27. The van der Waals surface area contributed by atoms with E-state index in [0.29, 0.717) is 19.4 Å². The molecule has 1 fully saturated rings. The molecule has 4 N–H and O–H groups in total. The lowest BCUT2D eigenvalue weighted by molar-refractivity contribution is -0.138. The second-order valence-electron chi connectivity index (χ2n) is 4.71. The van der Waals surface area contributed by atoms with Crippen LogP contribution in [0, 0.1) is 5.92 Å². The fourth-order valence-electron chi connectivity index (χ4n) is 2.17. The first-order chi connectivity index (χ1) is 8.11. The summed E-state index contributed by atoms with van der Waals surface area (Å²) in [6, 6.07) is -0.818. The number of hydrogen-bond donors (Lipinski definition) is 3. The Kier molecular flexibility index (Phi) is 5.97. The van der Waals surface area contributed by atoms with Crippen molar-refractivity contribution >= 4 is 11.9 Å². The van der Waals surface area contributed by atoms with Gasteiger partial charge in [0.25, 0.3) is 0 Å². The van der Waals surface area contributed by atoms with Crippen LogP contribution in [0.3, 0.4) is 0 Å². The minimum absolute atomic E-state index is 0.119. The molecule has 1 saturated carbocycles. The first-order valence-electron chi connectivity index (χ1n) is 6.37. The highest BCUT2D eigenvalue weighted by molar-refractivity contribution is 5.78. The SMILES string of the molecule is NC(CCCNC(=O)C1CCCCC1)C(=O)O. The number of rotatable bonds is 6. The molecule has 17 heavy (non-hydrogen) atoms. The number of aliphatic carboxylic acids is 1. The number of hydrogen-bond acceptors (Lipinski definition) is 3. The molecule has 5 nitrogen and oxygen atoms in total. The van der Waals surface area contributed by atoms with Gasteiger partial charge in [-0.2, -0.15) is 0 Å². The van der Waals surface area contributed by atoms with Gasteiger partial charge >= 0.3 is 5.97 Å². The van der Waals surface area contributed by atoms with Crippen LogP contribution >= 0.6 is 0 Å². The summed E-state index contributed by atoms with van der Waals surface area (Å²) in [7, 11) is 0. The topological polar surface area (TPSA) is 92.4 Å². The zero-order chi connectivity index (χ0) is 12.7. The van der Waals surface area contributed by atoms with E-state index in [0.717, 1.165) is 25.7 Å². The van der Waals surface area contributed by atoms with Crippen molar-refractivity contribution in [1.29, 1.82) is 0 Å². The number of carboxylic acids is 1. The van der Waals surface area contributed by atoms with E-state index in [4.69, 9.17) is 10.8 Å². The predicted octanol–water partition coefficient (Wildman–Crippen LogP) is 0.875. The van der Waals surface area contributed by atoms with Crippen LogP contribution in [0.5, 0.6) is 0 Å². The van der Waals surface area contributed by atoms with Crippen molar-refractivity contribution in [2.45, 2.75) is 51.0 Å². The molecule has 1 aliphatic rings. The third-order valence-electron chi connectivity index (χ3n) is 3.28. The van der Waals surface area contributed by atoms with Crippen LogP contribution in [-0.2, 0) is 9.59 Å². The van der Waals surface area contributed by atoms with Crippen LogP contribution < -0.4 is 11.1 Å². The first kappa shape index (κ1) is 14.0. The van der Waals surface area contributed by atoms with Gasteiger partial charge in [0, 0.05) is 12.5 Å². The van der Waals surface area contributed by atoms with E-state index < -0.39 is 12.0 Å². The van der Waals surface area contributed by atoms with E-state index in [1.165, 1.54) is 6.42 Å². The van der Waals surface area contributed by atoms with Gasteiger partial charge in [0.1, 0.15) is 6.04 Å². The summed E-state index contributed by atoms with van der Waals surface area (Å²) in [4.78, 5) is 22.2. The molecule has 1 aliphatic carbocycles. The summed E-state index contributed by atoms with van der Waals surface area (Å²) < 4.78 is 0. The summed E-state index contributed by atoms with van der Waals surface area (Å²) in [5.74, 6) is -0.700. The van der Waals surface area contributed by atoms with E-state index in [2.05, 4.69) is 5.32 Å². The molecule has 98 valence electrons. The summed E-state index contributed by atoms with van der Waals surface area (Å²) >= 11 is 0. The maximum Gasteiger partial charge on any atom is 0.320 e. The van der Waals surface area contributed by atoms with Crippen LogP contribution in [-0.4, -0.2) is 29.6 Å². The molecular weight excluding hydrogens is 220 g/mol. The van der Waals surface area contributed by atoms with E-state index in [1.54, 1.807) is 0 Å². The molecule has 0 aromatic heterocycles. The van der Waals surface area contributed by atoms with Crippen LogP contribution in [0.1, 0.15) is 44.9 Å². The zero-order valence-electron chi connectivity index (χ0n) is 10.2. The Hall–Kier alpha value is -1.10. The molecule has 1 unspecified atom stereocenters. The van der Waals surface area contributed by atoms with E-state index in [1.807, 2.05) is 0 Å². The molecule has 1 amide bonds. The lowest BCUT2D eigenvalue weighted by Gasteiger charge is -2.20. The van der Waals surface area contributed by atoms with Gasteiger partial charge in [-0.1, -0.05) is 19.3 Å². The Morgan fingerprint density at radius 3 is 2.53 bits per heavy atom. The van der Waals surface area contributed by atoms with Gasteiger partial charge in [0.2, 0.25) is 5.91 Å². The second-order valence-corrected chi connectivity index (χ2v) is 4.71. The minimum Gasteiger partial charge on any atom is -0.480 e. The van der Waals surface area contributed by atoms with Gasteiger partial charge in [-0.25, -0.2) is 0 Å². The summed E-state index contributed by atoms with van der Waals surface area (Å²) in [5.41, 5.74) is 5.36. The lowest BCUT2D eigenvalue weighted by Crippen LogP contribution is -2.34.